The van der Waals surface area contributed by atoms with Gasteiger partial charge in [-0.05, 0) is 50.3 Å². The molecule has 0 radical (unpaired) electrons. The molecule has 0 aliphatic carbocycles. The minimum Gasteiger partial charge on any atom is -0.396 e. The van der Waals surface area contributed by atoms with E-state index in [1.54, 1.807) is 0 Å². The van der Waals surface area contributed by atoms with Crippen LogP contribution in [0.1, 0.15) is 43.5 Å². The van der Waals surface area contributed by atoms with E-state index in [9.17, 15) is 0 Å². The number of rotatable bonds is 5. The number of nitrogens with one attached hydrogen (secondary N) is 1. The van der Waals surface area contributed by atoms with Gasteiger partial charge in [0, 0.05) is 18.7 Å². The molecule has 3 atom stereocenters. The van der Waals surface area contributed by atoms with Crippen LogP contribution in [0.15, 0.2) is 18.2 Å². The van der Waals surface area contributed by atoms with Crippen molar-refractivity contribution in [2.45, 2.75) is 46.7 Å². The topological polar surface area (TPSA) is 32.3 Å². The Morgan fingerprint density at radius 2 is 1.76 bits per heavy atom. The number of aliphatic hydroxyl groups is 1. The second kappa shape index (κ2) is 6.18. The molecule has 0 saturated heterocycles. The zero-order chi connectivity index (χ0) is 13.0. The summed E-state index contributed by atoms with van der Waals surface area (Å²) >= 11 is 0. The van der Waals surface area contributed by atoms with Gasteiger partial charge in [-0.1, -0.05) is 25.1 Å². The van der Waals surface area contributed by atoms with Gasteiger partial charge in [0.15, 0.2) is 0 Å². The van der Waals surface area contributed by atoms with E-state index in [1.807, 2.05) is 0 Å². The summed E-state index contributed by atoms with van der Waals surface area (Å²) in [6.45, 7) is 10.9. The van der Waals surface area contributed by atoms with E-state index in [0.29, 0.717) is 12.1 Å². The zero-order valence-corrected chi connectivity index (χ0v) is 11.6. The van der Waals surface area contributed by atoms with Crippen LogP contribution in [0, 0.1) is 19.8 Å². The van der Waals surface area contributed by atoms with Crippen LogP contribution < -0.4 is 5.32 Å². The Kier molecular flexibility index (Phi) is 5.16. The third-order valence-corrected chi connectivity index (χ3v) is 3.69. The Morgan fingerprint density at radius 1 is 1.12 bits per heavy atom. The van der Waals surface area contributed by atoms with Crippen molar-refractivity contribution in [3.8, 4) is 0 Å². The van der Waals surface area contributed by atoms with E-state index in [2.05, 4.69) is 58.1 Å². The lowest BCUT2D eigenvalue weighted by molar-refractivity contribution is 0.202. The van der Waals surface area contributed by atoms with Gasteiger partial charge in [-0.3, -0.25) is 0 Å². The number of hydrogen-bond donors (Lipinski definition) is 2. The number of benzene rings is 1. The molecule has 0 aromatic heterocycles. The lowest BCUT2D eigenvalue weighted by Crippen LogP contribution is -2.35. The average Bonchev–Trinajstić information content (AvgIpc) is 2.31. The van der Waals surface area contributed by atoms with Gasteiger partial charge in [-0.2, -0.15) is 0 Å². The van der Waals surface area contributed by atoms with Crippen molar-refractivity contribution < 1.29 is 5.11 Å². The molecule has 3 unspecified atom stereocenters. The van der Waals surface area contributed by atoms with Gasteiger partial charge in [0.1, 0.15) is 0 Å². The van der Waals surface area contributed by atoms with E-state index in [-0.39, 0.29) is 12.5 Å². The Balaban J connectivity index is 2.69. The SMILES string of the molecule is Cc1ccc(C(C)NC(C)C(C)CO)cc1C. The molecule has 2 N–H and O–H groups in total. The van der Waals surface area contributed by atoms with Crippen LogP contribution in [0.25, 0.3) is 0 Å². The number of aliphatic hydroxyl groups excluding tert-OH is 1. The van der Waals surface area contributed by atoms with Gasteiger partial charge in [0.25, 0.3) is 0 Å². The molecular weight excluding hydrogens is 210 g/mol. The van der Waals surface area contributed by atoms with Crippen molar-refractivity contribution in [2.24, 2.45) is 5.92 Å². The number of hydrogen-bond acceptors (Lipinski definition) is 2. The molecule has 0 bridgehead atoms. The summed E-state index contributed by atoms with van der Waals surface area (Å²) in [5, 5.41) is 12.7. The standard InChI is InChI=1S/C15H25NO/c1-10-6-7-15(8-11(10)2)14(5)16-13(4)12(3)9-17/h6-8,12-14,16-17H,9H2,1-5H3. The molecule has 1 aromatic carbocycles. The second-order valence-electron chi connectivity index (χ2n) is 5.18. The van der Waals surface area contributed by atoms with Crippen LogP contribution in [0.2, 0.25) is 0 Å². The summed E-state index contributed by atoms with van der Waals surface area (Å²) in [5.74, 6) is 0.281. The summed E-state index contributed by atoms with van der Waals surface area (Å²) in [5.41, 5.74) is 3.97. The van der Waals surface area contributed by atoms with Crippen LogP contribution in [0.5, 0.6) is 0 Å². The van der Waals surface area contributed by atoms with Crippen molar-refractivity contribution in [1.29, 1.82) is 0 Å². The van der Waals surface area contributed by atoms with E-state index in [1.165, 1.54) is 16.7 Å². The first-order valence-corrected chi connectivity index (χ1v) is 6.39. The highest BCUT2D eigenvalue weighted by molar-refractivity contribution is 5.31. The second-order valence-corrected chi connectivity index (χ2v) is 5.18. The molecule has 17 heavy (non-hydrogen) atoms. The van der Waals surface area contributed by atoms with Crippen molar-refractivity contribution in [1.82, 2.24) is 5.32 Å². The number of aryl methyl sites for hydroxylation is 2. The first-order valence-electron chi connectivity index (χ1n) is 6.39. The third-order valence-electron chi connectivity index (χ3n) is 3.69. The predicted octanol–water partition coefficient (Wildman–Crippen LogP) is 2.97. The molecule has 1 rings (SSSR count). The fourth-order valence-corrected chi connectivity index (χ4v) is 1.85. The normalized spacial score (nSPS) is 16.6. The summed E-state index contributed by atoms with van der Waals surface area (Å²) in [6, 6.07) is 7.22. The molecule has 0 heterocycles. The van der Waals surface area contributed by atoms with E-state index < -0.39 is 0 Å². The van der Waals surface area contributed by atoms with Crippen molar-refractivity contribution in [3.63, 3.8) is 0 Å². The van der Waals surface area contributed by atoms with Gasteiger partial charge < -0.3 is 10.4 Å². The average molecular weight is 235 g/mol. The van der Waals surface area contributed by atoms with Crippen LogP contribution in [0.4, 0.5) is 0 Å². The summed E-state index contributed by atoms with van der Waals surface area (Å²) in [7, 11) is 0. The summed E-state index contributed by atoms with van der Waals surface area (Å²) < 4.78 is 0. The zero-order valence-electron chi connectivity index (χ0n) is 11.6. The molecule has 0 aliphatic heterocycles. The van der Waals surface area contributed by atoms with Crippen LogP contribution in [-0.4, -0.2) is 17.8 Å². The summed E-state index contributed by atoms with van der Waals surface area (Å²) in [4.78, 5) is 0. The van der Waals surface area contributed by atoms with Crippen LogP contribution in [-0.2, 0) is 0 Å². The predicted molar refractivity (Wildman–Crippen MR) is 73.2 cm³/mol. The Hall–Kier alpha value is -0.860. The van der Waals surface area contributed by atoms with Crippen molar-refractivity contribution >= 4 is 0 Å². The Bertz CT molecular complexity index is 362. The molecule has 0 fully saturated rings. The van der Waals surface area contributed by atoms with Crippen LogP contribution in [0.3, 0.4) is 0 Å². The molecule has 1 aromatic rings. The maximum absolute atomic E-state index is 9.13. The van der Waals surface area contributed by atoms with Gasteiger partial charge in [0.2, 0.25) is 0 Å². The third kappa shape index (κ3) is 3.83. The van der Waals surface area contributed by atoms with Gasteiger partial charge >= 0.3 is 0 Å². The van der Waals surface area contributed by atoms with Crippen LogP contribution >= 0.6 is 0 Å². The highest BCUT2D eigenvalue weighted by Crippen LogP contribution is 2.18. The smallest absolute Gasteiger partial charge is 0.0471 e. The maximum atomic E-state index is 9.13. The van der Waals surface area contributed by atoms with E-state index in [4.69, 9.17) is 5.11 Å². The molecule has 2 nitrogen and oxygen atoms in total. The minimum absolute atomic E-state index is 0.230. The molecule has 96 valence electrons. The molecule has 0 spiro atoms. The quantitative estimate of drug-likeness (QED) is 0.822. The first-order chi connectivity index (χ1) is 7.95. The fraction of sp³-hybridized carbons (Fsp3) is 0.600. The molecule has 0 aliphatic rings. The maximum Gasteiger partial charge on any atom is 0.0471 e. The van der Waals surface area contributed by atoms with Gasteiger partial charge in [-0.15, -0.1) is 0 Å². The van der Waals surface area contributed by atoms with Gasteiger partial charge in [-0.25, -0.2) is 0 Å². The molecule has 0 saturated carbocycles. The fourth-order valence-electron chi connectivity index (χ4n) is 1.85. The van der Waals surface area contributed by atoms with Crippen molar-refractivity contribution in [3.05, 3.63) is 34.9 Å². The summed E-state index contributed by atoms with van der Waals surface area (Å²) in [6.07, 6.45) is 0. The first kappa shape index (κ1) is 14.2. The molecule has 0 amide bonds. The molecular formula is C15H25NO. The Morgan fingerprint density at radius 3 is 2.29 bits per heavy atom. The molecule has 2 heteroatoms. The highest BCUT2D eigenvalue weighted by atomic mass is 16.3. The van der Waals surface area contributed by atoms with E-state index >= 15 is 0 Å². The van der Waals surface area contributed by atoms with E-state index in [0.717, 1.165) is 0 Å². The lowest BCUT2D eigenvalue weighted by Gasteiger charge is -2.24. The van der Waals surface area contributed by atoms with Crippen molar-refractivity contribution in [2.75, 3.05) is 6.61 Å². The minimum atomic E-state index is 0.230. The highest BCUT2D eigenvalue weighted by Gasteiger charge is 2.14. The van der Waals surface area contributed by atoms with Gasteiger partial charge in [0.05, 0.1) is 0 Å². The lowest BCUT2D eigenvalue weighted by atomic mass is 9.99. The monoisotopic (exact) mass is 235 g/mol. The largest absolute Gasteiger partial charge is 0.396 e. The Labute approximate surface area is 105 Å².